The van der Waals surface area contributed by atoms with E-state index in [4.69, 9.17) is 0 Å². The van der Waals surface area contributed by atoms with E-state index < -0.39 is 4.92 Å². The standard InChI is InChI=1S/C18H18N2O3/c1-13(2)15-6-3-14(4-7-15)5-12-18(21)19-16-8-10-17(11-9-16)20(22)23/h3-13H,1-2H3,(H,19,21). The van der Waals surface area contributed by atoms with Crippen molar-refractivity contribution in [3.63, 3.8) is 0 Å². The van der Waals surface area contributed by atoms with Gasteiger partial charge in [-0.15, -0.1) is 0 Å². The van der Waals surface area contributed by atoms with Gasteiger partial charge in [-0.05, 0) is 35.3 Å². The molecule has 23 heavy (non-hydrogen) atoms. The van der Waals surface area contributed by atoms with E-state index in [1.165, 1.54) is 35.9 Å². The molecule has 0 saturated heterocycles. The average molecular weight is 310 g/mol. The molecule has 1 N–H and O–H groups in total. The van der Waals surface area contributed by atoms with Crippen LogP contribution in [-0.4, -0.2) is 10.8 Å². The summed E-state index contributed by atoms with van der Waals surface area (Å²) >= 11 is 0. The molecule has 0 bridgehead atoms. The number of amides is 1. The molecule has 0 aromatic heterocycles. The van der Waals surface area contributed by atoms with Gasteiger partial charge in [0.05, 0.1) is 4.92 Å². The molecule has 2 rings (SSSR count). The second kappa shape index (κ2) is 7.35. The lowest BCUT2D eigenvalue weighted by atomic mass is 10.0. The van der Waals surface area contributed by atoms with Crippen LogP contribution in [0.3, 0.4) is 0 Å². The van der Waals surface area contributed by atoms with E-state index in [2.05, 4.69) is 19.2 Å². The third-order valence-corrected chi connectivity index (χ3v) is 3.38. The van der Waals surface area contributed by atoms with Crippen LogP contribution < -0.4 is 5.32 Å². The predicted octanol–water partition coefficient (Wildman–Crippen LogP) is 4.37. The topological polar surface area (TPSA) is 72.2 Å². The minimum absolute atomic E-state index is 0.0104. The summed E-state index contributed by atoms with van der Waals surface area (Å²) in [4.78, 5) is 21.9. The molecule has 0 spiro atoms. The number of hydrogen-bond acceptors (Lipinski definition) is 3. The van der Waals surface area contributed by atoms with Gasteiger partial charge in [0.15, 0.2) is 0 Å². The number of hydrogen-bond donors (Lipinski definition) is 1. The first-order valence-electron chi connectivity index (χ1n) is 7.29. The maximum atomic E-state index is 11.8. The Morgan fingerprint density at radius 2 is 1.70 bits per heavy atom. The van der Waals surface area contributed by atoms with Crippen molar-refractivity contribution < 1.29 is 9.72 Å². The van der Waals surface area contributed by atoms with Gasteiger partial charge < -0.3 is 5.32 Å². The van der Waals surface area contributed by atoms with E-state index in [1.807, 2.05) is 24.3 Å². The van der Waals surface area contributed by atoms with Gasteiger partial charge in [-0.1, -0.05) is 38.1 Å². The lowest BCUT2D eigenvalue weighted by Gasteiger charge is -2.04. The van der Waals surface area contributed by atoms with Crippen molar-refractivity contribution in [2.75, 3.05) is 5.32 Å². The summed E-state index contributed by atoms with van der Waals surface area (Å²) in [7, 11) is 0. The maximum absolute atomic E-state index is 11.8. The summed E-state index contributed by atoms with van der Waals surface area (Å²) in [5.41, 5.74) is 2.69. The van der Waals surface area contributed by atoms with E-state index in [-0.39, 0.29) is 11.6 Å². The van der Waals surface area contributed by atoms with E-state index in [1.54, 1.807) is 6.08 Å². The largest absolute Gasteiger partial charge is 0.323 e. The second-order valence-corrected chi connectivity index (χ2v) is 5.45. The molecule has 0 fully saturated rings. The molecule has 0 aliphatic rings. The van der Waals surface area contributed by atoms with Gasteiger partial charge in [0, 0.05) is 23.9 Å². The highest BCUT2D eigenvalue weighted by molar-refractivity contribution is 6.01. The Hall–Kier alpha value is -2.95. The van der Waals surface area contributed by atoms with Crippen LogP contribution >= 0.6 is 0 Å². The Morgan fingerprint density at radius 3 is 2.22 bits per heavy atom. The first-order valence-corrected chi connectivity index (χ1v) is 7.29. The van der Waals surface area contributed by atoms with E-state index >= 15 is 0 Å². The van der Waals surface area contributed by atoms with Crippen LogP contribution in [-0.2, 0) is 4.79 Å². The Kier molecular flexibility index (Phi) is 5.25. The Balaban J connectivity index is 1.97. The lowest BCUT2D eigenvalue weighted by molar-refractivity contribution is -0.384. The summed E-state index contributed by atoms with van der Waals surface area (Å²) in [5, 5.41) is 13.2. The number of carbonyl (C=O) groups is 1. The highest BCUT2D eigenvalue weighted by Gasteiger charge is 2.05. The van der Waals surface area contributed by atoms with E-state index in [0.29, 0.717) is 11.6 Å². The quantitative estimate of drug-likeness (QED) is 0.506. The maximum Gasteiger partial charge on any atom is 0.269 e. The molecule has 0 unspecified atom stereocenters. The highest BCUT2D eigenvalue weighted by Crippen LogP contribution is 2.16. The van der Waals surface area contributed by atoms with Crippen LogP contribution in [0.25, 0.3) is 6.08 Å². The molecule has 0 radical (unpaired) electrons. The third kappa shape index (κ3) is 4.78. The van der Waals surface area contributed by atoms with E-state index in [0.717, 1.165) is 5.56 Å². The third-order valence-electron chi connectivity index (χ3n) is 3.38. The minimum atomic E-state index is -0.480. The van der Waals surface area contributed by atoms with Gasteiger partial charge in [-0.3, -0.25) is 14.9 Å². The van der Waals surface area contributed by atoms with Crippen molar-refractivity contribution in [2.45, 2.75) is 19.8 Å². The van der Waals surface area contributed by atoms with Crippen LogP contribution in [0.2, 0.25) is 0 Å². The number of nitro benzene ring substituents is 1. The predicted molar refractivity (Wildman–Crippen MR) is 91.3 cm³/mol. The van der Waals surface area contributed by atoms with Gasteiger partial charge in [0.25, 0.3) is 5.69 Å². The summed E-state index contributed by atoms with van der Waals surface area (Å²) in [6.07, 6.45) is 3.16. The number of rotatable bonds is 5. The first-order chi connectivity index (χ1) is 11.0. The van der Waals surface area contributed by atoms with Crippen LogP contribution in [0.4, 0.5) is 11.4 Å². The van der Waals surface area contributed by atoms with Crippen LogP contribution in [0.15, 0.2) is 54.6 Å². The molecule has 0 atom stereocenters. The van der Waals surface area contributed by atoms with Crippen molar-refractivity contribution in [3.05, 3.63) is 75.8 Å². The molecular formula is C18H18N2O3. The number of benzene rings is 2. The SMILES string of the molecule is CC(C)c1ccc(C=CC(=O)Nc2ccc([N+](=O)[O-])cc2)cc1. The normalized spacial score (nSPS) is 10.9. The van der Waals surface area contributed by atoms with Crippen molar-refractivity contribution in [1.29, 1.82) is 0 Å². The molecule has 0 saturated carbocycles. The van der Waals surface area contributed by atoms with Crippen LogP contribution in [0.5, 0.6) is 0 Å². The summed E-state index contributed by atoms with van der Waals surface area (Å²) in [6, 6.07) is 13.7. The van der Waals surface area contributed by atoms with Crippen molar-refractivity contribution in [3.8, 4) is 0 Å². The molecule has 2 aromatic rings. The number of nitrogens with one attached hydrogen (secondary N) is 1. The number of anilines is 1. The van der Waals surface area contributed by atoms with Gasteiger partial charge in [-0.25, -0.2) is 0 Å². The molecule has 2 aromatic carbocycles. The number of nitro groups is 1. The van der Waals surface area contributed by atoms with Gasteiger partial charge >= 0.3 is 0 Å². The minimum Gasteiger partial charge on any atom is -0.323 e. The van der Waals surface area contributed by atoms with Crippen LogP contribution in [0.1, 0.15) is 30.9 Å². The number of carbonyl (C=O) groups excluding carboxylic acids is 1. The average Bonchev–Trinajstić information content (AvgIpc) is 2.54. The fourth-order valence-corrected chi connectivity index (χ4v) is 2.01. The van der Waals surface area contributed by atoms with Gasteiger partial charge in [-0.2, -0.15) is 0 Å². The zero-order valence-electron chi connectivity index (χ0n) is 13.0. The van der Waals surface area contributed by atoms with Crippen molar-refractivity contribution >= 4 is 23.4 Å². The molecule has 0 aliphatic heterocycles. The molecule has 118 valence electrons. The highest BCUT2D eigenvalue weighted by atomic mass is 16.6. The zero-order valence-corrected chi connectivity index (χ0v) is 13.0. The fourth-order valence-electron chi connectivity index (χ4n) is 2.01. The zero-order chi connectivity index (χ0) is 16.8. The van der Waals surface area contributed by atoms with Gasteiger partial charge in [0.2, 0.25) is 5.91 Å². The molecule has 5 nitrogen and oxygen atoms in total. The molecular weight excluding hydrogens is 292 g/mol. The lowest BCUT2D eigenvalue weighted by Crippen LogP contribution is -2.07. The summed E-state index contributed by atoms with van der Waals surface area (Å²) in [5.74, 6) is 0.185. The smallest absolute Gasteiger partial charge is 0.269 e. The Labute approximate surface area is 134 Å². The Bertz CT molecular complexity index is 717. The molecule has 5 heteroatoms. The monoisotopic (exact) mass is 310 g/mol. The summed E-state index contributed by atoms with van der Waals surface area (Å²) < 4.78 is 0. The second-order valence-electron chi connectivity index (χ2n) is 5.45. The molecule has 1 amide bonds. The summed E-state index contributed by atoms with van der Waals surface area (Å²) in [6.45, 7) is 4.25. The molecule has 0 aliphatic carbocycles. The van der Waals surface area contributed by atoms with Crippen LogP contribution in [0, 0.1) is 10.1 Å². The fraction of sp³-hybridized carbons (Fsp3) is 0.167. The van der Waals surface area contributed by atoms with Gasteiger partial charge in [0.1, 0.15) is 0 Å². The first kappa shape index (κ1) is 16.4. The van der Waals surface area contributed by atoms with E-state index in [9.17, 15) is 14.9 Å². The van der Waals surface area contributed by atoms with Crippen molar-refractivity contribution in [1.82, 2.24) is 0 Å². The molecule has 0 heterocycles. The van der Waals surface area contributed by atoms with Crippen molar-refractivity contribution in [2.24, 2.45) is 0 Å². The Morgan fingerprint density at radius 1 is 1.09 bits per heavy atom. The number of nitrogens with zero attached hydrogens (tertiary/aromatic N) is 1. The number of non-ortho nitro benzene ring substituents is 1.